The number of amides is 2. The second-order valence-electron chi connectivity index (χ2n) is 7.32. The molecule has 0 fully saturated rings. The van der Waals surface area contributed by atoms with Crippen molar-refractivity contribution in [3.63, 3.8) is 0 Å². The number of aromatic nitrogens is 2. The normalized spacial score (nSPS) is 11.7. The molecule has 170 valence electrons. The summed E-state index contributed by atoms with van der Waals surface area (Å²) in [5, 5.41) is 5.62. The number of benzene rings is 2. The SMILES string of the molecule is CCC[C@@H](NC(=O)Cc1ccc(OCC)c(OCC)c1)C(=O)Nc1nc2ccccc2[nH]1. The van der Waals surface area contributed by atoms with E-state index in [4.69, 9.17) is 9.47 Å². The number of imidazole rings is 1. The van der Waals surface area contributed by atoms with Gasteiger partial charge in [-0.05, 0) is 50.1 Å². The van der Waals surface area contributed by atoms with Gasteiger partial charge in [-0.2, -0.15) is 0 Å². The third kappa shape index (κ3) is 6.00. The highest BCUT2D eigenvalue weighted by Crippen LogP contribution is 2.28. The van der Waals surface area contributed by atoms with Gasteiger partial charge < -0.3 is 19.8 Å². The number of carbonyl (C=O) groups is 2. The van der Waals surface area contributed by atoms with Crippen LogP contribution in [-0.4, -0.2) is 41.0 Å². The molecule has 2 aromatic carbocycles. The van der Waals surface area contributed by atoms with Crippen molar-refractivity contribution in [2.24, 2.45) is 0 Å². The van der Waals surface area contributed by atoms with E-state index in [1.807, 2.05) is 51.1 Å². The first-order chi connectivity index (χ1) is 15.5. The number of para-hydroxylation sites is 2. The van der Waals surface area contributed by atoms with Crippen LogP contribution >= 0.6 is 0 Å². The number of carbonyl (C=O) groups excluding carboxylic acids is 2. The molecule has 3 N–H and O–H groups in total. The summed E-state index contributed by atoms with van der Waals surface area (Å²) in [6.07, 6.45) is 1.39. The molecule has 0 aliphatic carbocycles. The summed E-state index contributed by atoms with van der Waals surface area (Å²) in [5.74, 6) is 1.06. The van der Waals surface area contributed by atoms with E-state index in [9.17, 15) is 9.59 Å². The van der Waals surface area contributed by atoms with Gasteiger partial charge in [-0.15, -0.1) is 0 Å². The molecule has 0 unspecified atom stereocenters. The number of fused-ring (bicyclic) bond motifs is 1. The molecule has 3 rings (SSSR count). The van der Waals surface area contributed by atoms with Crippen molar-refractivity contribution in [2.75, 3.05) is 18.5 Å². The van der Waals surface area contributed by atoms with Crippen LogP contribution in [0, 0.1) is 0 Å². The smallest absolute Gasteiger partial charge is 0.249 e. The Morgan fingerprint density at radius 1 is 1.03 bits per heavy atom. The first-order valence-electron chi connectivity index (χ1n) is 11.0. The van der Waals surface area contributed by atoms with Crippen molar-refractivity contribution in [3.8, 4) is 11.5 Å². The Morgan fingerprint density at radius 3 is 2.50 bits per heavy atom. The van der Waals surface area contributed by atoms with Gasteiger partial charge in [-0.25, -0.2) is 4.98 Å². The number of hydrogen-bond acceptors (Lipinski definition) is 5. The zero-order valence-corrected chi connectivity index (χ0v) is 18.7. The van der Waals surface area contributed by atoms with Crippen molar-refractivity contribution in [2.45, 2.75) is 46.1 Å². The molecule has 32 heavy (non-hydrogen) atoms. The predicted octanol–water partition coefficient (Wildman–Crippen LogP) is 3.83. The molecule has 3 aromatic rings. The molecule has 1 atom stereocenters. The molecule has 0 spiro atoms. The van der Waals surface area contributed by atoms with Crippen LogP contribution in [-0.2, 0) is 16.0 Å². The molecular formula is C24H30N4O4. The summed E-state index contributed by atoms with van der Waals surface area (Å²) in [7, 11) is 0. The Labute approximate surface area is 187 Å². The lowest BCUT2D eigenvalue weighted by Gasteiger charge is -2.17. The highest BCUT2D eigenvalue weighted by Gasteiger charge is 2.21. The summed E-state index contributed by atoms with van der Waals surface area (Å²) < 4.78 is 11.2. The first kappa shape index (κ1) is 23.1. The summed E-state index contributed by atoms with van der Waals surface area (Å²) >= 11 is 0. The van der Waals surface area contributed by atoms with E-state index >= 15 is 0 Å². The van der Waals surface area contributed by atoms with Crippen LogP contribution in [0.2, 0.25) is 0 Å². The van der Waals surface area contributed by atoms with Gasteiger partial charge in [0.25, 0.3) is 0 Å². The lowest BCUT2D eigenvalue weighted by Crippen LogP contribution is -2.44. The third-order valence-electron chi connectivity index (χ3n) is 4.83. The highest BCUT2D eigenvalue weighted by molar-refractivity contribution is 5.97. The lowest BCUT2D eigenvalue weighted by atomic mass is 10.1. The number of anilines is 1. The highest BCUT2D eigenvalue weighted by atomic mass is 16.5. The maximum atomic E-state index is 12.8. The van der Waals surface area contributed by atoms with E-state index in [2.05, 4.69) is 20.6 Å². The molecule has 0 saturated carbocycles. The van der Waals surface area contributed by atoms with Gasteiger partial charge in [0.05, 0.1) is 30.7 Å². The number of H-pyrrole nitrogens is 1. The maximum Gasteiger partial charge on any atom is 0.249 e. The average Bonchev–Trinajstić information content (AvgIpc) is 3.18. The molecule has 1 heterocycles. The number of aromatic amines is 1. The largest absolute Gasteiger partial charge is 0.490 e. The zero-order valence-electron chi connectivity index (χ0n) is 18.7. The van der Waals surface area contributed by atoms with Crippen LogP contribution in [0.5, 0.6) is 11.5 Å². The predicted molar refractivity (Wildman–Crippen MR) is 124 cm³/mol. The van der Waals surface area contributed by atoms with Crippen LogP contribution in [0.25, 0.3) is 11.0 Å². The van der Waals surface area contributed by atoms with Crippen LogP contribution in [0.15, 0.2) is 42.5 Å². The molecule has 2 amide bonds. The minimum atomic E-state index is -0.658. The number of nitrogens with zero attached hydrogens (tertiary/aromatic N) is 1. The van der Waals surface area contributed by atoms with Crippen molar-refractivity contribution in [3.05, 3.63) is 48.0 Å². The van der Waals surface area contributed by atoms with E-state index in [-0.39, 0.29) is 18.2 Å². The molecular weight excluding hydrogens is 408 g/mol. The fourth-order valence-electron chi connectivity index (χ4n) is 3.41. The number of hydrogen-bond donors (Lipinski definition) is 3. The molecule has 0 bridgehead atoms. The summed E-state index contributed by atoms with van der Waals surface area (Å²) in [5.41, 5.74) is 2.38. The van der Waals surface area contributed by atoms with Crippen LogP contribution in [0.3, 0.4) is 0 Å². The Bertz CT molecular complexity index is 1030. The fraction of sp³-hybridized carbons (Fsp3) is 0.375. The van der Waals surface area contributed by atoms with Crippen molar-refractivity contribution in [1.82, 2.24) is 15.3 Å². The monoisotopic (exact) mass is 438 g/mol. The number of rotatable bonds is 11. The lowest BCUT2D eigenvalue weighted by molar-refractivity contribution is -0.126. The summed E-state index contributed by atoms with van der Waals surface area (Å²) in [4.78, 5) is 32.9. The van der Waals surface area contributed by atoms with E-state index in [0.717, 1.165) is 23.0 Å². The number of nitrogens with one attached hydrogen (secondary N) is 3. The van der Waals surface area contributed by atoms with Crippen molar-refractivity contribution in [1.29, 1.82) is 0 Å². The quantitative estimate of drug-likeness (QED) is 0.422. The zero-order chi connectivity index (χ0) is 22.9. The summed E-state index contributed by atoms with van der Waals surface area (Å²) in [6.45, 7) is 6.79. The molecule has 0 radical (unpaired) electrons. The molecule has 1 aromatic heterocycles. The Hall–Kier alpha value is -3.55. The minimum absolute atomic E-state index is 0.130. The maximum absolute atomic E-state index is 12.8. The number of ether oxygens (including phenoxy) is 2. The average molecular weight is 439 g/mol. The molecule has 8 heteroatoms. The second-order valence-corrected chi connectivity index (χ2v) is 7.32. The van der Waals surface area contributed by atoms with Gasteiger partial charge in [0, 0.05) is 0 Å². The van der Waals surface area contributed by atoms with Crippen LogP contribution in [0.1, 0.15) is 39.2 Å². The van der Waals surface area contributed by atoms with Gasteiger partial charge in [0.1, 0.15) is 6.04 Å². The minimum Gasteiger partial charge on any atom is -0.490 e. The first-order valence-corrected chi connectivity index (χ1v) is 11.0. The fourth-order valence-corrected chi connectivity index (χ4v) is 3.41. The Balaban J connectivity index is 1.65. The van der Waals surface area contributed by atoms with Gasteiger partial charge in [-0.1, -0.05) is 31.5 Å². The molecule has 0 aliphatic heterocycles. The third-order valence-corrected chi connectivity index (χ3v) is 4.83. The topological polar surface area (TPSA) is 105 Å². The van der Waals surface area contributed by atoms with Crippen LogP contribution < -0.4 is 20.1 Å². The van der Waals surface area contributed by atoms with E-state index in [0.29, 0.717) is 37.1 Å². The van der Waals surface area contributed by atoms with Crippen molar-refractivity contribution >= 4 is 28.8 Å². The van der Waals surface area contributed by atoms with E-state index < -0.39 is 6.04 Å². The molecule has 8 nitrogen and oxygen atoms in total. The van der Waals surface area contributed by atoms with Gasteiger partial charge in [-0.3, -0.25) is 14.9 Å². The van der Waals surface area contributed by atoms with Gasteiger partial charge >= 0.3 is 0 Å². The van der Waals surface area contributed by atoms with E-state index in [1.54, 1.807) is 12.1 Å². The van der Waals surface area contributed by atoms with Crippen molar-refractivity contribution < 1.29 is 19.1 Å². The Morgan fingerprint density at radius 2 is 1.78 bits per heavy atom. The van der Waals surface area contributed by atoms with E-state index in [1.165, 1.54) is 0 Å². The second kappa shape index (κ2) is 11.2. The van der Waals surface area contributed by atoms with Crippen LogP contribution in [0.4, 0.5) is 5.95 Å². The van der Waals surface area contributed by atoms with Gasteiger partial charge in [0.2, 0.25) is 17.8 Å². The molecule has 0 aliphatic rings. The summed E-state index contributed by atoms with van der Waals surface area (Å²) in [6, 6.07) is 12.3. The molecule has 0 saturated heterocycles. The Kier molecular flexibility index (Phi) is 8.08. The standard InChI is InChI=1S/C24H30N4O4/c1-4-9-19(23(30)28-24-26-17-10-7-8-11-18(17)27-24)25-22(29)15-16-12-13-20(31-5-2)21(14-16)32-6-3/h7-8,10-14,19H,4-6,9,15H2,1-3H3,(H,25,29)(H2,26,27,28,30)/t19-/m1/s1. The van der Waals surface area contributed by atoms with Gasteiger partial charge in [0.15, 0.2) is 11.5 Å².